The molecule has 0 amide bonds. The third-order valence-electron chi connectivity index (χ3n) is 4.06. The van der Waals surface area contributed by atoms with Gasteiger partial charge < -0.3 is 9.30 Å². The largest absolute Gasteiger partial charge is 0.461 e. The molecule has 0 unspecified atom stereocenters. The second-order valence-electron chi connectivity index (χ2n) is 5.89. The SMILES string of the molecule is CCn1c(=O)c(C)nc2cc(C(=O)OCCSc3ccc(Cl)cc3)ccc21. The molecule has 1 aromatic heterocycles. The summed E-state index contributed by atoms with van der Waals surface area (Å²) in [6.07, 6.45) is 0. The Hall–Kier alpha value is -2.31. The Kier molecular flexibility index (Phi) is 6.19. The van der Waals surface area contributed by atoms with Crippen LogP contribution in [0.4, 0.5) is 0 Å². The number of aromatic nitrogens is 2. The van der Waals surface area contributed by atoms with Crippen LogP contribution in [0.15, 0.2) is 52.2 Å². The van der Waals surface area contributed by atoms with Gasteiger partial charge in [-0.25, -0.2) is 9.78 Å². The number of thioether (sulfide) groups is 1. The van der Waals surface area contributed by atoms with Crippen LogP contribution < -0.4 is 5.56 Å². The number of ether oxygens (including phenoxy) is 1. The fourth-order valence-electron chi connectivity index (χ4n) is 2.72. The summed E-state index contributed by atoms with van der Waals surface area (Å²) in [4.78, 5) is 29.8. The molecule has 140 valence electrons. The Bertz CT molecular complexity index is 1030. The van der Waals surface area contributed by atoms with E-state index in [2.05, 4.69) is 4.98 Å². The van der Waals surface area contributed by atoms with Crippen molar-refractivity contribution in [2.24, 2.45) is 0 Å². The average Bonchev–Trinajstić information content (AvgIpc) is 2.67. The van der Waals surface area contributed by atoms with Gasteiger partial charge in [-0.15, -0.1) is 11.8 Å². The minimum absolute atomic E-state index is 0.112. The van der Waals surface area contributed by atoms with Crippen LogP contribution >= 0.6 is 23.4 Å². The average molecular weight is 403 g/mol. The quantitative estimate of drug-likeness (QED) is 0.349. The number of aryl methyl sites for hydroxylation is 2. The molecule has 0 atom stereocenters. The first kappa shape index (κ1) is 19.5. The lowest BCUT2D eigenvalue weighted by molar-refractivity contribution is 0.0530. The van der Waals surface area contributed by atoms with Crippen molar-refractivity contribution in [2.75, 3.05) is 12.4 Å². The summed E-state index contributed by atoms with van der Waals surface area (Å²) in [5.74, 6) is 0.246. The van der Waals surface area contributed by atoms with E-state index in [4.69, 9.17) is 16.3 Å². The molecule has 27 heavy (non-hydrogen) atoms. The van der Waals surface area contributed by atoms with Crippen LogP contribution in [0.2, 0.25) is 5.02 Å². The smallest absolute Gasteiger partial charge is 0.338 e. The van der Waals surface area contributed by atoms with Crippen molar-refractivity contribution in [3.05, 3.63) is 69.1 Å². The first-order chi connectivity index (χ1) is 13.0. The van der Waals surface area contributed by atoms with Crippen LogP contribution in [0.3, 0.4) is 0 Å². The second-order valence-corrected chi connectivity index (χ2v) is 7.49. The summed E-state index contributed by atoms with van der Waals surface area (Å²) >= 11 is 7.45. The van der Waals surface area contributed by atoms with Crippen LogP contribution in [0.5, 0.6) is 0 Å². The molecule has 0 aliphatic carbocycles. The van der Waals surface area contributed by atoms with Crippen LogP contribution in [0.25, 0.3) is 11.0 Å². The molecule has 0 saturated carbocycles. The molecule has 3 aromatic rings. The van der Waals surface area contributed by atoms with Gasteiger partial charge in [0.25, 0.3) is 5.56 Å². The summed E-state index contributed by atoms with van der Waals surface area (Å²) < 4.78 is 7.00. The second kappa shape index (κ2) is 8.59. The molecule has 7 heteroatoms. The number of rotatable bonds is 6. The number of carbonyl (C=O) groups excluding carboxylic acids is 1. The summed E-state index contributed by atoms with van der Waals surface area (Å²) in [6.45, 7) is 4.42. The monoisotopic (exact) mass is 402 g/mol. The molecule has 0 saturated heterocycles. The zero-order chi connectivity index (χ0) is 19.4. The fraction of sp³-hybridized carbons (Fsp3) is 0.250. The van der Waals surface area contributed by atoms with E-state index in [9.17, 15) is 9.59 Å². The fourth-order valence-corrected chi connectivity index (χ4v) is 3.58. The number of halogens is 1. The van der Waals surface area contributed by atoms with Gasteiger partial charge in [0, 0.05) is 22.2 Å². The summed E-state index contributed by atoms with van der Waals surface area (Å²) in [5.41, 5.74) is 2.04. The molecule has 2 aromatic carbocycles. The number of hydrogen-bond acceptors (Lipinski definition) is 5. The Morgan fingerprint density at radius 3 is 2.67 bits per heavy atom. The molecule has 0 aliphatic heterocycles. The van der Waals surface area contributed by atoms with Gasteiger partial charge in [-0.05, 0) is 56.3 Å². The van der Waals surface area contributed by atoms with Gasteiger partial charge in [0.1, 0.15) is 12.3 Å². The van der Waals surface area contributed by atoms with E-state index in [1.54, 1.807) is 41.5 Å². The van der Waals surface area contributed by atoms with Crippen LogP contribution in [0.1, 0.15) is 23.0 Å². The Morgan fingerprint density at radius 1 is 1.22 bits per heavy atom. The predicted molar refractivity (Wildman–Crippen MR) is 109 cm³/mol. The lowest BCUT2D eigenvalue weighted by atomic mass is 10.2. The third-order valence-corrected chi connectivity index (χ3v) is 5.29. The lowest BCUT2D eigenvalue weighted by Gasteiger charge is -2.10. The van der Waals surface area contributed by atoms with Gasteiger partial charge in [0.15, 0.2) is 0 Å². The van der Waals surface area contributed by atoms with Gasteiger partial charge in [-0.3, -0.25) is 4.79 Å². The maximum absolute atomic E-state index is 12.3. The number of esters is 1. The standard InChI is InChI=1S/C20H19ClN2O3S/c1-3-23-18-9-4-14(12-17(18)22-13(2)19(23)24)20(25)26-10-11-27-16-7-5-15(21)6-8-16/h4-9,12H,3,10-11H2,1-2H3. The van der Waals surface area contributed by atoms with Gasteiger partial charge in [0.05, 0.1) is 16.6 Å². The number of nitrogens with zero attached hydrogens (tertiary/aromatic N) is 2. The highest BCUT2D eigenvalue weighted by atomic mass is 35.5. The van der Waals surface area contributed by atoms with E-state index < -0.39 is 5.97 Å². The van der Waals surface area contributed by atoms with Gasteiger partial charge >= 0.3 is 5.97 Å². The molecule has 5 nitrogen and oxygen atoms in total. The summed E-state index contributed by atoms with van der Waals surface area (Å²) in [6, 6.07) is 12.6. The van der Waals surface area contributed by atoms with Gasteiger partial charge in [0.2, 0.25) is 0 Å². The highest BCUT2D eigenvalue weighted by Crippen LogP contribution is 2.20. The molecule has 1 heterocycles. The maximum Gasteiger partial charge on any atom is 0.338 e. The molecule has 0 aliphatic rings. The van der Waals surface area contributed by atoms with E-state index in [-0.39, 0.29) is 5.56 Å². The topological polar surface area (TPSA) is 61.2 Å². The van der Waals surface area contributed by atoms with Crippen molar-refractivity contribution in [2.45, 2.75) is 25.3 Å². The summed E-state index contributed by atoms with van der Waals surface area (Å²) in [5, 5.41) is 0.694. The van der Waals surface area contributed by atoms with Gasteiger partial charge in [-0.2, -0.15) is 0 Å². The maximum atomic E-state index is 12.3. The van der Waals surface area contributed by atoms with E-state index in [0.29, 0.717) is 46.2 Å². The van der Waals surface area contributed by atoms with Gasteiger partial charge in [-0.1, -0.05) is 11.6 Å². The molecule has 0 fully saturated rings. The molecular formula is C20H19ClN2O3S. The third kappa shape index (κ3) is 4.51. The Balaban J connectivity index is 1.66. The number of hydrogen-bond donors (Lipinski definition) is 0. The van der Waals surface area contributed by atoms with Crippen LogP contribution in [-0.2, 0) is 11.3 Å². The minimum atomic E-state index is -0.401. The summed E-state index contributed by atoms with van der Waals surface area (Å²) in [7, 11) is 0. The van der Waals surface area contributed by atoms with Crippen molar-refractivity contribution in [1.82, 2.24) is 9.55 Å². The highest BCUT2D eigenvalue weighted by Gasteiger charge is 2.12. The Labute approximate surface area is 166 Å². The molecule has 3 rings (SSSR count). The zero-order valence-electron chi connectivity index (χ0n) is 15.1. The van der Waals surface area contributed by atoms with Crippen LogP contribution in [0, 0.1) is 6.92 Å². The first-order valence-electron chi connectivity index (χ1n) is 8.56. The Morgan fingerprint density at radius 2 is 1.96 bits per heavy atom. The molecule has 0 N–H and O–H groups in total. The normalized spacial score (nSPS) is 10.9. The van der Waals surface area contributed by atoms with Crippen molar-refractivity contribution < 1.29 is 9.53 Å². The highest BCUT2D eigenvalue weighted by molar-refractivity contribution is 7.99. The van der Waals surface area contributed by atoms with Crippen molar-refractivity contribution in [3.63, 3.8) is 0 Å². The zero-order valence-corrected chi connectivity index (χ0v) is 16.6. The molecule has 0 radical (unpaired) electrons. The van der Waals surface area contributed by atoms with Crippen molar-refractivity contribution in [1.29, 1.82) is 0 Å². The first-order valence-corrected chi connectivity index (χ1v) is 9.92. The number of fused-ring (bicyclic) bond motifs is 1. The van der Waals surface area contributed by atoms with E-state index in [0.717, 1.165) is 4.90 Å². The number of benzene rings is 2. The van der Waals surface area contributed by atoms with Crippen molar-refractivity contribution in [3.8, 4) is 0 Å². The van der Waals surface area contributed by atoms with Crippen molar-refractivity contribution >= 4 is 40.4 Å². The molecule has 0 spiro atoms. The van der Waals surface area contributed by atoms with E-state index in [1.165, 1.54) is 0 Å². The van der Waals surface area contributed by atoms with E-state index >= 15 is 0 Å². The minimum Gasteiger partial charge on any atom is -0.461 e. The molecule has 0 bridgehead atoms. The molecular weight excluding hydrogens is 384 g/mol. The predicted octanol–water partition coefficient (Wildman–Crippen LogP) is 4.33. The number of carbonyl (C=O) groups is 1. The van der Waals surface area contributed by atoms with E-state index in [1.807, 2.05) is 31.2 Å². The van der Waals surface area contributed by atoms with Crippen LogP contribution in [-0.4, -0.2) is 27.9 Å². The lowest BCUT2D eigenvalue weighted by Crippen LogP contribution is -2.23.